The summed E-state index contributed by atoms with van der Waals surface area (Å²) in [7, 11) is 1.51. The number of halogens is 2. The molecule has 0 saturated heterocycles. The van der Waals surface area contributed by atoms with Crippen molar-refractivity contribution in [3.05, 3.63) is 77.0 Å². The minimum absolute atomic E-state index is 0.0299. The molecule has 7 heteroatoms. The van der Waals surface area contributed by atoms with Crippen LogP contribution in [-0.2, 0) is 0 Å². The molecule has 2 aromatic carbocycles. The minimum Gasteiger partial charge on any atom is -0.481 e. The fourth-order valence-corrected chi connectivity index (χ4v) is 3.61. The number of aryl methyl sites for hydroxylation is 2. The SMILES string of the molecule is COc1ccc(N2CN(c3ccc(F)cc3C)c3cccc(F)c3C2=O)c(C)n1. The summed E-state index contributed by atoms with van der Waals surface area (Å²) in [6.07, 6.45) is 0. The molecule has 0 atom stereocenters. The number of methoxy groups -OCH3 is 1. The number of pyridine rings is 1. The third-order valence-corrected chi connectivity index (χ3v) is 5.01. The van der Waals surface area contributed by atoms with Gasteiger partial charge in [0.15, 0.2) is 0 Å². The van der Waals surface area contributed by atoms with Crippen LogP contribution in [0.4, 0.5) is 25.8 Å². The molecule has 1 amide bonds. The molecule has 0 radical (unpaired) electrons. The van der Waals surface area contributed by atoms with Crippen LogP contribution in [0.25, 0.3) is 0 Å². The third kappa shape index (κ3) is 3.18. The lowest BCUT2D eigenvalue weighted by molar-refractivity contribution is 0.0979. The van der Waals surface area contributed by atoms with Crippen molar-refractivity contribution in [1.29, 1.82) is 0 Å². The van der Waals surface area contributed by atoms with Gasteiger partial charge in [-0.1, -0.05) is 6.07 Å². The van der Waals surface area contributed by atoms with E-state index >= 15 is 0 Å². The summed E-state index contributed by atoms with van der Waals surface area (Å²) in [6, 6.07) is 12.3. The zero-order valence-corrected chi connectivity index (χ0v) is 16.2. The molecular formula is C22H19F2N3O2. The Labute approximate surface area is 167 Å². The summed E-state index contributed by atoms with van der Waals surface area (Å²) < 4.78 is 33.5. The maximum Gasteiger partial charge on any atom is 0.264 e. The first-order valence-corrected chi connectivity index (χ1v) is 9.06. The molecule has 0 bridgehead atoms. The van der Waals surface area contributed by atoms with Gasteiger partial charge < -0.3 is 9.64 Å². The zero-order chi connectivity index (χ0) is 20.7. The van der Waals surface area contributed by atoms with Gasteiger partial charge in [0.2, 0.25) is 5.88 Å². The number of nitrogens with zero attached hydrogens (tertiary/aromatic N) is 3. The summed E-state index contributed by atoms with van der Waals surface area (Å²) in [5, 5.41) is 0. The number of rotatable bonds is 3. The number of carbonyl (C=O) groups excluding carboxylic acids is 1. The Bertz CT molecular complexity index is 1120. The Morgan fingerprint density at radius 1 is 0.966 bits per heavy atom. The second-order valence-electron chi connectivity index (χ2n) is 6.83. The van der Waals surface area contributed by atoms with Gasteiger partial charge in [-0.25, -0.2) is 13.8 Å². The van der Waals surface area contributed by atoms with Gasteiger partial charge >= 0.3 is 0 Å². The Hall–Kier alpha value is -3.48. The van der Waals surface area contributed by atoms with E-state index in [-0.39, 0.29) is 18.0 Å². The number of ether oxygens (including phenoxy) is 1. The molecule has 148 valence electrons. The number of hydrogen-bond acceptors (Lipinski definition) is 4. The van der Waals surface area contributed by atoms with E-state index in [2.05, 4.69) is 4.98 Å². The standard InChI is InChI=1S/C22H19F2N3O2/c1-13-11-15(23)7-8-17(13)26-12-27(18-9-10-20(29-3)25-14(18)2)22(28)21-16(24)5-4-6-19(21)26/h4-11H,12H2,1-3H3. The van der Waals surface area contributed by atoms with E-state index in [1.807, 2.05) is 0 Å². The van der Waals surface area contributed by atoms with E-state index in [4.69, 9.17) is 4.74 Å². The average molecular weight is 395 g/mol. The van der Waals surface area contributed by atoms with Crippen LogP contribution in [0.1, 0.15) is 21.6 Å². The fourth-order valence-electron chi connectivity index (χ4n) is 3.61. The van der Waals surface area contributed by atoms with Crippen LogP contribution < -0.4 is 14.5 Å². The summed E-state index contributed by atoms with van der Waals surface area (Å²) in [5.74, 6) is -0.996. The van der Waals surface area contributed by atoms with E-state index < -0.39 is 11.7 Å². The van der Waals surface area contributed by atoms with Crippen molar-refractivity contribution in [2.75, 3.05) is 23.6 Å². The number of anilines is 3. The molecule has 0 fully saturated rings. The first-order chi connectivity index (χ1) is 13.9. The van der Waals surface area contributed by atoms with Crippen molar-refractivity contribution in [1.82, 2.24) is 4.98 Å². The normalized spacial score (nSPS) is 13.5. The molecule has 2 heterocycles. The summed E-state index contributed by atoms with van der Waals surface area (Å²) in [5.41, 5.74) is 2.91. The average Bonchev–Trinajstić information content (AvgIpc) is 2.69. The van der Waals surface area contributed by atoms with E-state index in [1.54, 1.807) is 49.1 Å². The fraction of sp³-hybridized carbons (Fsp3) is 0.182. The van der Waals surface area contributed by atoms with E-state index in [0.29, 0.717) is 34.2 Å². The predicted octanol–water partition coefficient (Wildman–Crippen LogP) is 4.74. The quantitative estimate of drug-likeness (QED) is 0.643. The smallest absolute Gasteiger partial charge is 0.264 e. The van der Waals surface area contributed by atoms with Crippen molar-refractivity contribution in [2.45, 2.75) is 13.8 Å². The highest BCUT2D eigenvalue weighted by atomic mass is 19.1. The highest BCUT2D eigenvalue weighted by Crippen LogP contribution is 2.38. The van der Waals surface area contributed by atoms with Gasteiger partial charge in [0.25, 0.3) is 5.91 Å². The van der Waals surface area contributed by atoms with Crippen LogP contribution in [0.15, 0.2) is 48.5 Å². The van der Waals surface area contributed by atoms with Crippen LogP contribution in [-0.4, -0.2) is 24.7 Å². The lowest BCUT2D eigenvalue weighted by Gasteiger charge is -2.39. The topological polar surface area (TPSA) is 45.7 Å². The second-order valence-corrected chi connectivity index (χ2v) is 6.83. The van der Waals surface area contributed by atoms with Gasteiger partial charge in [0.1, 0.15) is 18.3 Å². The van der Waals surface area contributed by atoms with Gasteiger partial charge in [-0.2, -0.15) is 0 Å². The molecular weight excluding hydrogens is 376 g/mol. The largest absolute Gasteiger partial charge is 0.481 e. The molecule has 1 aromatic heterocycles. The van der Waals surface area contributed by atoms with E-state index in [1.165, 1.54) is 30.2 Å². The molecule has 0 aliphatic carbocycles. The number of benzene rings is 2. The van der Waals surface area contributed by atoms with Gasteiger partial charge in [0, 0.05) is 11.8 Å². The first-order valence-electron chi connectivity index (χ1n) is 9.06. The van der Waals surface area contributed by atoms with Gasteiger partial charge in [-0.15, -0.1) is 0 Å². The van der Waals surface area contributed by atoms with Crippen molar-refractivity contribution in [2.24, 2.45) is 0 Å². The molecule has 1 aliphatic heterocycles. The van der Waals surface area contributed by atoms with Crippen LogP contribution in [0.5, 0.6) is 5.88 Å². The first kappa shape index (κ1) is 18.9. The molecule has 0 spiro atoms. The van der Waals surface area contributed by atoms with E-state index in [0.717, 1.165) is 0 Å². The van der Waals surface area contributed by atoms with Gasteiger partial charge in [-0.3, -0.25) is 9.69 Å². The maximum absolute atomic E-state index is 14.7. The van der Waals surface area contributed by atoms with Gasteiger partial charge in [0.05, 0.1) is 29.7 Å². The Balaban J connectivity index is 1.88. The Kier molecular flexibility index (Phi) is 4.66. The Morgan fingerprint density at radius 2 is 1.72 bits per heavy atom. The highest BCUT2D eigenvalue weighted by molar-refractivity contribution is 6.13. The molecule has 1 aliphatic rings. The monoisotopic (exact) mass is 395 g/mol. The predicted molar refractivity (Wildman–Crippen MR) is 107 cm³/mol. The number of amides is 1. The van der Waals surface area contributed by atoms with E-state index in [9.17, 15) is 13.6 Å². The number of carbonyl (C=O) groups is 1. The molecule has 5 nitrogen and oxygen atoms in total. The van der Waals surface area contributed by atoms with Crippen molar-refractivity contribution >= 4 is 23.0 Å². The molecule has 0 N–H and O–H groups in total. The molecule has 3 aromatic rings. The van der Waals surface area contributed by atoms with Gasteiger partial charge in [-0.05, 0) is 55.8 Å². The Morgan fingerprint density at radius 3 is 2.41 bits per heavy atom. The number of hydrogen-bond donors (Lipinski definition) is 0. The van der Waals surface area contributed by atoms with Crippen LogP contribution in [0.3, 0.4) is 0 Å². The molecule has 0 unspecified atom stereocenters. The van der Waals surface area contributed by atoms with Crippen molar-refractivity contribution < 1.29 is 18.3 Å². The maximum atomic E-state index is 14.7. The van der Waals surface area contributed by atoms with Crippen molar-refractivity contribution in [3.63, 3.8) is 0 Å². The summed E-state index contributed by atoms with van der Waals surface area (Å²) >= 11 is 0. The molecule has 4 rings (SSSR count). The zero-order valence-electron chi connectivity index (χ0n) is 16.2. The van der Waals surface area contributed by atoms with Crippen LogP contribution >= 0.6 is 0 Å². The highest BCUT2D eigenvalue weighted by Gasteiger charge is 2.34. The summed E-state index contributed by atoms with van der Waals surface area (Å²) in [6.45, 7) is 3.67. The number of aromatic nitrogens is 1. The lowest BCUT2D eigenvalue weighted by Crippen LogP contribution is -2.46. The second kappa shape index (κ2) is 7.16. The lowest BCUT2D eigenvalue weighted by atomic mass is 10.0. The third-order valence-electron chi connectivity index (χ3n) is 5.01. The molecule has 0 saturated carbocycles. The number of fused-ring (bicyclic) bond motifs is 1. The molecule has 29 heavy (non-hydrogen) atoms. The van der Waals surface area contributed by atoms with Crippen LogP contribution in [0.2, 0.25) is 0 Å². The van der Waals surface area contributed by atoms with Crippen molar-refractivity contribution in [3.8, 4) is 5.88 Å². The minimum atomic E-state index is -0.610. The summed E-state index contributed by atoms with van der Waals surface area (Å²) in [4.78, 5) is 20.8. The van der Waals surface area contributed by atoms with Crippen LogP contribution in [0, 0.1) is 25.5 Å².